The molecule has 0 aliphatic carbocycles. The van der Waals surface area contributed by atoms with Crippen molar-refractivity contribution in [2.24, 2.45) is 0 Å². The Hall–Kier alpha value is -2.99. The fraction of sp³-hybridized carbons (Fsp3) is 0.227. The second kappa shape index (κ2) is 6.56. The van der Waals surface area contributed by atoms with Gasteiger partial charge in [-0.1, -0.05) is 0 Å². The minimum atomic E-state index is -0.000593. The number of nitrogens with zero attached hydrogens (tertiary/aromatic N) is 2. The maximum Gasteiger partial charge on any atom is 0.263 e. The van der Waals surface area contributed by atoms with E-state index in [1.54, 1.807) is 0 Å². The SMILES string of the molecule is Cc1ccc(-c2ccc3c(ccc4sc5c(c43)NCC[C@@H](C)NC5=O)n2)cn1. The fourth-order valence-corrected chi connectivity index (χ4v) is 4.78. The smallest absolute Gasteiger partial charge is 0.263 e. The number of carbonyl (C=O) groups is 1. The van der Waals surface area contributed by atoms with Gasteiger partial charge in [0.15, 0.2) is 0 Å². The third-order valence-corrected chi connectivity index (χ3v) is 6.35. The van der Waals surface area contributed by atoms with Gasteiger partial charge in [0, 0.05) is 45.5 Å². The van der Waals surface area contributed by atoms with E-state index in [-0.39, 0.29) is 11.9 Å². The van der Waals surface area contributed by atoms with E-state index < -0.39 is 0 Å². The molecule has 140 valence electrons. The molecule has 0 saturated carbocycles. The molecule has 5 nitrogen and oxygen atoms in total. The predicted molar refractivity (Wildman–Crippen MR) is 115 cm³/mol. The summed E-state index contributed by atoms with van der Waals surface area (Å²) in [4.78, 5) is 22.7. The molecule has 1 atom stereocenters. The van der Waals surface area contributed by atoms with E-state index in [0.717, 1.165) is 61.5 Å². The van der Waals surface area contributed by atoms with Gasteiger partial charge < -0.3 is 10.6 Å². The number of rotatable bonds is 1. The molecular formula is C22H20N4OS. The normalized spacial score (nSPS) is 16.9. The van der Waals surface area contributed by atoms with Crippen molar-refractivity contribution in [3.63, 3.8) is 0 Å². The predicted octanol–water partition coefficient (Wildman–Crippen LogP) is 4.75. The Labute approximate surface area is 166 Å². The van der Waals surface area contributed by atoms with Crippen molar-refractivity contribution >= 4 is 43.9 Å². The summed E-state index contributed by atoms with van der Waals surface area (Å²) >= 11 is 1.54. The number of carbonyl (C=O) groups excluding carboxylic acids is 1. The Balaban J connectivity index is 1.69. The summed E-state index contributed by atoms with van der Waals surface area (Å²) in [6.07, 6.45) is 2.76. The number of anilines is 1. The number of nitrogens with one attached hydrogen (secondary N) is 2. The van der Waals surface area contributed by atoms with Crippen LogP contribution in [0.4, 0.5) is 5.69 Å². The van der Waals surface area contributed by atoms with Crippen LogP contribution in [-0.4, -0.2) is 28.5 Å². The van der Waals surface area contributed by atoms with Gasteiger partial charge in [-0.3, -0.25) is 9.78 Å². The zero-order valence-electron chi connectivity index (χ0n) is 15.7. The molecule has 1 aliphatic rings. The van der Waals surface area contributed by atoms with Gasteiger partial charge >= 0.3 is 0 Å². The van der Waals surface area contributed by atoms with Gasteiger partial charge in [0.2, 0.25) is 0 Å². The van der Waals surface area contributed by atoms with Gasteiger partial charge in [0.05, 0.1) is 16.9 Å². The van der Waals surface area contributed by atoms with Crippen LogP contribution in [-0.2, 0) is 0 Å². The second-order valence-electron chi connectivity index (χ2n) is 7.29. The maximum absolute atomic E-state index is 12.7. The molecule has 1 aromatic carbocycles. The lowest BCUT2D eigenvalue weighted by Gasteiger charge is -2.19. The van der Waals surface area contributed by atoms with Crippen LogP contribution in [0.2, 0.25) is 0 Å². The minimum Gasteiger partial charge on any atom is -0.383 e. The van der Waals surface area contributed by atoms with Crippen molar-refractivity contribution in [3.8, 4) is 11.3 Å². The Bertz CT molecular complexity index is 1210. The van der Waals surface area contributed by atoms with E-state index in [4.69, 9.17) is 4.98 Å². The number of pyridine rings is 2. The van der Waals surface area contributed by atoms with E-state index in [1.807, 2.05) is 44.3 Å². The molecule has 0 radical (unpaired) electrons. The second-order valence-corrected chi connectivity index (χ2v) is 8.34. The number of amides is 1. The van der Waals surface area contributed by atoms with Gasteiger partial charge in [-0.25, -0.2) is 4.98 Å². The number of aromatic nitrogens is 2. The van der Waals surface area contributed by atoms with Crippen LogP contribution in [0, 0.1) is 6.92 Å². The lowest BCUT2D eigenvalue weighted by molar-refractivity contribution is 0.0942. The molecule has 2 N–H and O–H groups in total. The van der Waals surface area contributed by atoms with Crippen LogP contribution in [0.5, 0.6) is 0 Å². The standard InChI is InChI=1S/C22H20N4OS/c1-12-3-4-14(11-24-12)16-6-5-15-17(26-16)7-8-18-19(15)20-21(28-18)22(27)25-13(2)9-10-23-20/h3-8,11,13,23H,9-10H2,1-2H3,(H,25,27)/t13-/m1/s1. The molecule has 0 spiro atoms. The van der Waals surface area contributed by atoms with Crippen LogP contribution in [0.15, 0.2) is 42.6 Å². The summed E-state index contributed by atoms with van der Waals surface area (Å²) in [5, 5.41) is 8.75. The molecule has 3 aromatic heterocycles. The lowest BCUT2D eigenvalue weighted by atomic mass is 10.1. The maximum atomic E-state index is 12.7. The van der Waals surface area contributed by atoms with Gasteiger partial charge in [-0.2, -0.15) is 0 Å². The Kier molecular flexibility index (Phi) is 4.02. The van der Waals surface area contributed by atoms with Crippen molar-refractivity contribution in [1.82, 2.24) is 15.3 Å². The summed E-state index contributed by atoms with van der Waals surface area (Å²) in [5.41, 5.74) is 4.74. The monoisotopic (exact) mass is 388 g/mol. The molecule has 0 bridgehead atoms. The average Bonchev–Trinajstić information content (AvgIpc) is 3.06. The Morgan fingerprint density at radius 2 is 2.04 bits per heavy atom. The number of fused-ring (bicyclic) bond motifs is 5. The first-order chi connectivity index (χ1) is 13.6. The molecule has 4 aromatic rings. The number of benzene rings is 1. The molecule has 28 heavy (non-hydrogen) atoms. The molecule has 4 heterocycles. The number of thiophene rings is 1. The van der Waals surface area contributed by atoms with Gasteiger partial charge in [0.25, 0.3) is 5.91 Å². The summed E-state index contributed by atoms with van der Waals surface area (Å²) in [6, 6.07) is 12.4. The summed E-state index contributed by atoms with van der Waals surface area (Å²) in [6.45, 7) is 4.85. The largest absolute Gasteiger partial charge is 0.383 e. The highest BCUT2D eigenvalue weighted by Gasteiger charge is 2.23. The van der Waals surface area contributed by atoms with E-state index in [0.29, 0.717) is 0 Å². The third kappa shape index (κ3) is 2.81. The highest BCUT2D eigenvalue weighted by molar-refractivity contribution is 7.21. The quantitative estimate of drug-likeness (QED) is 0.494. The Morgan fingerprint density at radius 3 is 2.86 bits per heavy atom. The van der Waals surface area contributed by atoms with E-state index in [9.17, 15) is 4.79 Å². The zero-order valence-corrected chi connectivity index (χ0v) is 16.6. The molecule has 0 unspecified atom stereocenters. The van der Waals surface area contributed by atoms with Gasteiger partial charge in [-0.15, -0.1) is 11.3 Å². The number of aryl methyl sites for hydroxylation is 1. The van der Waals surface area contributed by atoms with Crippen LogP contribution < -0.4 is 10.6 Å². The highest BCUT2D eigenvalue weighted by atomic mass is 32.1. The zero-order chi connectivity index (χ0) is 19.3. The first kappa shape index (κ1) is 17.1. The molecule has 0 fully saturated rings. The van der Waals surface area contributed by atoms with Gasteiger partial charge in [0.1, 0.15) is 4.88 Å². The van der Waals surface area contributed by atoms with E-state index >= 15 is 0 Å². The van der Waals surface area contributed by atoms with Crippen LogP contribution in [0.3, 0.4) is 0 Å². The summed E-state index contributed by atoms with van der Waals surface area (Å²) in [5.74, 6) is -0.000593. The van der Waals surface area contributed by atoms with Crippen molar-refractivity contribution < 1.29 is 4.79 Å². The lowest BCUT2D eigenvalue weighted by Crippen LogP contribution is -2.35. The van der Waals surface area contributed by atoms with Crippen LogP contribution in [0.1, 0.15) is 28.7 Å². The summed E-state index contributed by atoms with van der Waals surface area (Å²) < 4.78 is 1.10. The van der Waals surface area contributed by atoms with Crippen LogP contribution in [0.25, 0.3) is 32.2 Å². The average molecular weight is 388 g/mol. The molecular weight excluding hydrogens is 368 g/mol. The van der Waals surface area contributed by atoms with Crippen molar-refractivity contribution in [3.05, 3.63) is 53.2 Å². The molecule has 1 amide bonds. The minimum absolute atomic E-state index is 0.000593. The number of hydrogen-bond acceptors (Lipinski definition) is 5. The molecule has 0 saturated heterocycles. The van der Waals surface area contributed by atoms with Crippen molar-refractivity contribution in [2.45, 2.75) is 26.3 Å². The highest BCUT2D eigenvalue weighted by Crippen LogP contribution is 2.41. The summed E-state index contributed by atoms with van der Waals surface area (Å²) in [7, 11) is 0. The first-order valence-electron chi connectivity index (χ1n) is 9.44. The Morgan fingerprint density at radius 1 is 1.14 bits per heavy atom. The molecule has 1 aliphatic heterocycles. The van der Waals surface area contributed by atoms with Crippen LogP contribution >= 0.6 is 11.3 Å². The van der Waals surface area contributed by atoms with Crippen molar-refractivity contribution in [1.29, 1.82) is 0 Å². The third-order valence-electron chi connectivity index (χ3n) is 5.19. The number of hydrogen-bond donors (Lipinski definition) is 2. The van der Waals surface area contributed by atoms with Crippen molar-refractivity contribution in [2.75, 3.05) is 11.9 Å². The molecule has 6 heteroatoms. The van der Waals surface area contributed by atoms with E-state index in [1.165, 1.54) is 11.3 Å². The fourth-order valence-electron chi connectivity index (χ4n) is 3.69. The van der Waals surface area contributed by atoms with Gasteiger partial charge in [-0.05, 0) is 56.7 Å². The topological polar surface area (TPSA) is 66.9 Å². The molecule has 5 rings (SSSR count). The van der Waals surface area contributed by atoms with E-state index in [2.05, 4.69) is 27.8 Å². The first-order valence-corrected chi connectivity index (χ1v) is 10.3.